The summed E-state index contributed by atoms with van der Waals surface area (Å²) in [6.45, 7) is 1.31. The van der Waals surface area contributed by atoms with Gasteiger partial charge in [0.2, 0.25) is 0 Å². The van der Waals surface area contributed by atoms with E-state index in [1.807, 2.05) is 0 Å². The number of likely N-dealkylation sites (tertiary alicyclic amines) is 1. The van der Waals surface area contributed by atoms with Gasteiger partial charge < -0.3 is 25.2 Å². The summed E-state index contributed by atoms with van der Waals surface area (Å²) in [6.07, 6.45) is 2.33. The normalized spacial score (nSPS) is 30.6. The Morgan fingerprint density at radius 2 is 2.21 bits per heavy atom. The van der Waals surface area contributed by atoms with Crippen molar-refractivity contribution in [2.75, 3.05) is 19.7 Å². The SMILES string of the molecule is O=C(O)[C@@H]1C[C@H](O)CN1C(=O)NCCC1CCCO1. The van der Waals surface area contributed by atoms with Gasteiger partial charge in [-0.15, -0.1) is 0 Å². The van der Waals surface area contributed by atoms with Gasteiger partial charge in [-0.2, -0.15) is 0 Å². The Balaban J connectivity index is 1.76. The topological polar surface area (TPSA) is 99.1 Å². The molecule has 2 saturated heterocycles. The number of carbonyl (C=O) groups is 2. The van der Waals surface area contributed by atoms with Crippen molar-refractivity contribution in [1.82, 2.24) is 10.2 Å². The van der Waals surface area contributed by atoms with Crippen LogP contribution in [0.5, 0.6) is 0 Å². The summed E-state index contributed by atoms with van der Waals surface area (Å²) < 4.78 is 5.44. The Kier molecular flexibility index (Phi) is 4.60. The Morgan fingerprint density at radius 3 is 2.84 bits per heavy atom. The largest absolute Gasteiger partial charge is 0.480 e. The Bertz CT molecular complexity index is 343. The number of rotatable bonds is 4. The van der Waals surface area contributed by atoms with Crippen molar-refractivity contribution in [3.8, 4) is 0 Å². The predicted octanol–water partition coefficient (Wildman–Crippen LogP) is -0.215. The summed E-state index contributed by atoms with van der Waals surface area (Å²) in [7, 11) is 0. The molecule has 2 aliphatic rings. The minimum absolute atomic E-state index is 0.0722. The number of carboxylic acids is 1. The van der Waals surface area contributed by atoms with Crippen LogP contribution in [0.4, 0.5) is 4.79 Å². The van der Waals surface area contributed by atoms with Gasteiger partial charge in [0.1, 0.15) is 6.04 Å². The van der Waals surface area contributed by atoms with E-state index in [0.29, 0.717) is 6.54 Å². The highest BCUT2D eigenvalue weighted by Gasteiger charge is 2.38. The van der Waals surface area contributed by atoms with Gasteiger partial charge in [0.15, 0.2) is 0 Å². The van der Waals surface area contributed by atoms with Crippen LogP contribution in [0, 0.1) is 0 Å². The molecule has 0 radical (unpaired) electrons. The number of carbonyl (C=O) groups excluding carboxylic acids is 1. The summed E-state index contributed by atoms with van der Waals surface area (Å²) in [6, 6.07) is -1.36. The minimum Gasteiger partial charge on any atom is -0.480 e. The minimum atomic E-state index is -1.08. The van der Waals surface area contributed by atoms with Gasteiger partial charge in [-0.1, -0.05) is 0 Å². The van der Waals surface area contributed by atoms with Crippen molar-refractivity contribution in [2.24, 2.45) is 0 Å². The van der Waals surface area contributed by atoms with Crippen molar-refractivity contribution in [2.45, 2.75) is 43.9 Å². The third-order valence-corrected chi connectivity index (χ3v) is 3.59. The van der Waals surface area contributed by atoms with Gasteiger partial charge in [-0.3, -0.25) is 0 Å². The molecule has 0 aromatic heterocycles. The zero-order chi connectivity index (χ0) is 13.8. The molecule has 2 rings (SSSR count). The maximum atomic E-state index is 11.9. The summed E-state index contributed by atoms with van der Waals surface area (Å²) in [4.78, 5) is 24.1. The van der Waals surface area contributed by atoms with Crippen molar-refractivity contribution < 1.29 is 24.5 Å². The van der Waals surface area contributed by atoms with Gasteiger partial charge in [0, 0.05) is 26.1 Å². The van der Waals surface area contributed by atoms with Gasteiger partial charge >= 0.3 is 12.0 Å². The highest BCUT2D eigenvalue weighted by atomic mass is 16.5. The molecule has 2 amide bonds. The number of urea groups is 1. The van der Waals surface area contributed by atoms with Crippen LogP contribution in [0.1, 0.15) is 25.7 Å². The smallest absolute Gasteiger partial charge is 0.326 e. The van der Waals surface area contributed by atoms with Crippen LogP contribution in [0.25, 0.3) is 0 Å². The Labute approximate surface area is 111 Å². The molecule has 3 N–H and O–H groups in total. The Morgan fingerprint density at radius 1 is 1.42 bits per heavy atom. The van der Waals surface area contributed by atoms with Crippen LogP contribution in [-0.2, 0) is 9.53 Å². The molecular formula is C12H20N2O5. The van der Waals surface area contributed by atoms with Crippen molar-refractivity contribution in [3.63, 3.8) is 0 Å². The fourth-order valence-electron chi connectivity index (χ4n) is 2.59. The molecule has 7 heteroatoms. The molecule has 0 aromatic carbocycles. The molecule has 0 spiro atoms. The van der Waals surface area contributed by atoms with Crippen molar-refractivity contribution in [1.29, 1.82) is 0 Å². The van der Waals surface area contributed by atoms with Crippen molar-refractivity contribution in [3.05, 3.63) is 0 Å². The van der Waals surface area contributed by atoms with Gasteiger partial charge in [0.25, 0.3) is 0 Å². The molecule has 0 aliphatic carbocycles. The van der Waals surface area contributed by atoms with Crippen LogP contribution in [0.3, 0.4) is 0 Å². The maximum Gasteiger partial charge on any atom is 0.326 e. The lowest BCUT2D eigenvalue weighted by molar-refractivity contribution is -0.141. The van der Waals surface area contributed by atoms with Gasteiger partial charge in [0.05, 0.1) is 12.2 Å². The first-order chi connectivity index (χ1) is 9.08. The number of nitrogens with zero attached hydrogens (tertiary/aromatic N) is 1. The van der Waals surface area contributed by atoms with Crippen LogP contribution < -0.4 is 5.32 Å². The van der Waals surface area contributed by atoms with Crippen LogP contribution in [0.15, 0.2) is 0 Å². The molecule has 1 unspecified atom stereocenters. The quantitative estimate of drug-likeness (QED) is 0.657. The summed E-state index contributed by atoms with van der Waals surface area (Å²) >= 11 is 0. The van der Waals surface area contributed by atoms with Crippen molar-refractivity contribution >= 4 is 12.0 Å². The summed E-state index contributed by atoms with van der Waals surface area (Å²) in [5.41, 5.74) is 0. The van der Waals surface area contributed by atoms with E-state index in [9.17, 15) is 14.7 Å². The molecule has 0 saturated carbocycles. The first-order valence-corrected chi connectivity index (χ1v) is 6.65. The van der Waals surface area contributed by atoms with E-state index in [1.54, 1.807) is 0 Å². The van der Waals surface area contributed by atoms with E-state index in [0.717, 1.165) is 25.9 Å². The number of carboxylic acid groups (broad SMARTS) is 1. The molecule has 108 valence electrons. The first kappa shape index (κ1) is 14.1. The third kappa shape index (κ3) is 3.57. The highest BCUT2D eigenvalue weighted by Crippen LogP contribution is 2.18. The lowest BCUT2D eigenvalue weighted by Crippen LogP contribution is -2.46. The molecule has 19 heavy (non-hydrogen) atoms. The molecule has 0 aromatic rings. The van der Waals surface area contributed by atoms with E-state index in [2.05, 4.69) is 5.32 Å². The fourth-order valence-corrected chi connectivity index (χ4v) is 2.59. The number of hydrogen-bond acceptors (Lipinski definition) is 4. The molecule has 3 atom stereocenters. The number of aliphatic carboxylic acids is 1. The lowest BCUT2D eigenvalue weighted by Gasteiger charge is -2.22. The van der Waals surface area contributed by atoms with Crippen LogP contribution in [-0.4, -0.2) is 65.1 Å². The zero-order valence-electron chi connectivity index (χ0n) is 10.7. The number of nitrogens with one attached hydrogen (secondary N) is 1. The van der Waals surface area contributed by atoms with E-state index >= 15 is 0 Å². The Hall–Kier alpha value is -1.34. The monoisotopic (exact) mass is 272 g/mol. The summed E-state index contributed by atoms with van der Waals surface area (Å²) in [5, 5.41) is 21.1. The number of aliphatic hydroxyl groups excluding tert-OH is 1. The second-order valence-electron chi connectivity index (χ2n) is 5.05. The molecule has 2 heterocycles. The number of hydrogen-bond donors (Lipinski definition) is 3. The average Bonchev–Trinajstić information content (AvgIpc) is 2.98. The number of β-amino-alcohol motifs (C(OH)–C–C–N with tert-alkyl or cyclic N) is 1. The van der Waals surface area contributed by atoms with Crippen LogP contribution in [0.2, 0.25) is 0 Å². The second kappa shape index (κ2) is 6.21. The van der Waals surface area contributed by atoms with E-state index in [1.165, 1.54) is 4.90 Å². The second-order valence-corrected chi connectivity index (χ2v) is 5.05. The van der Waals surface area contributed by atoms with E-state index in [4.69, 9.17) is 9.84 Å². The van der Waals surface area contributed by atoms with Crippen LogP contribution >= 0.6 is 0 Å². The predicted molar refractivity (Wildman–Crippen MR) is 65.7 cm³/mol. The molecule has 0 bridgehead atoms. The number of ether oxygens (including phenoxy) is 1. The molecular weight excluding hydrogens is 252 g/mol. The van der Waals surface area contributed by atoms with E-state index in [-0.39, 0.29) is 19.1 Å². The zero-order valence-corrected chi connectivity index (χ0v) is 10.7. The lowest BCUT2D eigenvalue weighted by atomic mass is 10.2. The first-order valence-electron chi connectivity index (χ1n) is 6.65. The average molecular weight is 272 g/mol. The molecule has 2 aliphatic heterocycles. The third-order valence-electron chi connectivity index (χ3n) is 3.59. The number of aliphatic hydroxyl groups is 1. The standard InChI is InChI=1S/C12H20N2O5/c15-8-6-10(11(16)17)14(7-8)12(18)13-4-3-9-2-1-5-19-9/h8-10,15H,1-7H2,(H,13,18)(H,16,17)/t8-,9?,10-/m0/s1. The maximum absolute atomic E-state index is 11.9. The molecule has 7 nitrogen and oxygen atoms in total. The van der Waals surface area contributed by atoms with Gasteiger partial charge in [-0.25, -0.2) is 9.59 Å². The van der Waals surface area contributed by atoms with Gasteiger partial charge in [-0.05, 0) is 19.3 Å². The highest BCUT2D eigenvalue weighted by molar-refractivity contribution is 5.83. The fraction of sp³-hybridized carbons (Fsp3) is 0.833. The molecule has 2 fully saturated rings. The number of amides is 2. The van der Waals surface area contributed by atoms with E-state index < -0.39 is 24.1 Å². The summed E-state index contributed by atoms with van der Waals surface area (Å²) in [5.74, 6) is -1.08.